The minimum absolute atomic E-state index is 0.0274. The number of benzene rings is 1. The maximum absolute atomic E-state index is 13.6. The number of amides is 2. The Kier molecular flexibility index (Phi) is 10.4. The van der Waals surface area contributed by atoms with Crippen molar-refractivity contribution in [2.45, 2.75) is 110 Å². The number of likely N-dealkylation sites (tertiary alicyclic amines) is 1. The summed E-state index contributed by atoms with van der Waals surface area (Å²) in [6.45, 7) is 6.87. The molecule has 0 bridgehead atoms. The molecule has 12 heteroatoms. The quantitative estimate of drug-likeness (QED) is 0.220. The molecule has 1 aromatic carbocycles. The summed E-state index contributed by atoms with van der Waals surface area (Å²) in [7, 11) is 0. The van der Waals surface area contributed by atoms with Gasteiger partial charge in [-0.3, -0.25) is 4.79 Å². The van der Waals surface area contributed by atoms with Crippen LogP contribution in [0.2, 0.25) is 0 Å². The number of rotatable bonds is 11. The molecule has 242 valence electrons. The SMILES string of the molecule is C[C@H]1C(C=O)N(C(=O)[C@@H](NC(=O)O)C(C)(C)C)C[C@@H]1Oc1nc2cc(C(F)(F)F)ccc2nc1CCCCCC1CCCC1. The van der Waals surface area contributed by atoms with E-state index >= 15 is 0 Å². The first kappa shape index (κ1) is 33.5. The van der Waals surface area contributed by atoms with Gasteiger partial charge in [0.15, 0.2) is 0 Å². The second-order valence-corrected chi connectivity index (χ2v) is 13.3. The van der Waals surface area contributed by atoms with Gasteiger partial charge in [0.05, 0.1) is 29.2 Å². The number of ether oxygens (including phenoxy) is 1. The van der Waals surface area contributed by atoms with Gasteiger partial charge in [-0.05, 0) is 42.4 Å². The number of fused-ring (bicyclic) bond motifs is 1. The summed E-state index contributed by atoms with van der Waals surface area (Å²) in [5.74, 6) is -0.183. The number of carbonyl (C=O) groups excluding carboxylic acids is 2. The molecule has 1 aromatic heterocycles. The largest absolute Gasteiger partial charge is 0.471 e. The van der Waals surface area contributed by atoms with Gasteiger partial charge >= 0.3 is 12.3 Å². The van der Waals surface area contributed by atoms with Gasteiger partial charge in [-0.2, -0.15) is 13.2 Å². The van der Waals surface area contributed by atoms with Crippen LogP contribution in [0.5, 0.6) is 5.88 Å². The van der Waals surface area contributed by atoms with Gasteiger partial charge < -0.3 is 24.9 Å². The minimum atomic E-state index is -4.56. The molecule has 2 amide bonds. The number of unbranched alkanes of at least 4 members (excludes halogenated alkanes) is 2. The van der Waals surface area contributed by atoms with Crippen LogP contribution in [0.4, 0.5) is 18.0 Å². The molecule has 2 N–H and O–H groups in total. The first-order valence-electron chi connectivity index (χ1n) is 15.5. The summed E-state index contributed by atoms with van der Waals surface area (Å²) in [6.07, 6.45) is 3.75. The van der Waals surface area contributed by atoms with Crippen molar-refractivity contribution in [3.05, 3.63) is 29.5 Å². The fraction of sp³-hybridized carbons (Fsp3) is 0.656. The monoisotopic (exact) mass is 620 g/mol. The third-order valence-corrected chi connectivity index (χ3v) is 8.96. The highest BCUT2D eigenvalue weighted by atomic mass is 19.4. The highest BCUT2D eigenvalue weighted by Crippen LogP contribution is 2.35. The van der Waals surface area contributed by atoms with Crippen LogP contribution in [0.3, 0.4) is 0 Å². The number of carbonyl (C=O) groups is 3. The van der Waals surface area contributed by atoms with Gasteiger partial charge in [-0.1, -0.05) is 72.6 Å². The molecular weight excluding hydrogens is 577 g/mol. The van der Waals surface area contributed by atoms with Crippen molar-refractivity contribution in [2.75, 3.05) is 6.54 Å². The van der Waals surface area contributed by atoms with Gasteiger partial charge in [0.25, 0.3) is 0 Å². The molecule has 4 atom stereocenters. The van der Waals surface area contributed by atoms with E-state index in [0.717, 1.165) is 37.3 Å². The lowest BCUT2D eigenvalue weighted by atomic mass is 9.85. The molecule has 2 fully saturated rings. The molecular formula is C32H43F3N4O5. The van der Waals surface area contributed by atoms with Crippen molar-refractivity contribution in [2.24, 2.45) is 17.3 Å². The zero-order chi connectivity index (χ0) is 32.2. The van der Waals surface area contributed by atoms with E-state index in [1.165, 1.54) is 43.1 Å². The Morgan fingerprint density at radius 2 is 1.82 bits per heavy atom. The molecule has 4 rings (SSSR count). The van der Waals surface area contributed by atoms with E-state index in [-0.39, 0.29) is 17.9 Å². The Hall–Kier alpha value is -3.44. The minimum Gasteiger partial charge on any atom is -0.471 e. The van der Waals surface area contributed by atoms with Crippen molar-refractivity contribution >= 4 is 29.3 Å². The summed E-state index contributed by atoms with van der Waals surface area (Å²) < 4.78 is 46.7. The van der Waals surface area contributed by atoms with Crippen molar-refractivity contribution in [1.82, 2.24) is 20.2 Å². The fourth-order valence-corrected chi connectivity index (χ4v) is 6.36. The summed E-state index contributed by atoms with van der Waals surface area (Å²) in [5, 5.41) is 11.6. The number of aldehydes is 1. The Labute approximate surface area is 255 Å². The molecule has 1 saturated heterocycles. The van der Waals surface area contributed by atoms with Gasteiger partial charge in [0.1, 0.15) is 24.1 Å². The first-order valence-corrected chi connectivity index (χ1v) is 15.5. The number of hydrogen-bond acceptors (Lipinski definition) is 6. The van der Waals surface area contributed by atoms with Crippen LogP contribution in [-0.4, -0.2) is 63.0 Å². The highest BCUT2D eigenvalue weighted by molar-refractivity contribution is 5.88. The average Bonchev–Trinajstić information content (AvgIpc) is 3.57. The number of nitrogens with one attached hydrogen (secondary N) is 1. The normalized spacial score (nSPS) is 21.9. The van der Waals surface area contributed by atoms with Crippen molar-refractivity contribution in [3.8, 4) is 5.88 Å². The lowest BCUT2D eigenvalue weighted by Gasteiger charge is -2.34. The van der Waals surface area contributed by atoms with Crippen molar-refractivity contribution in [1.29, 1.82) is 0 Å². The van der Waals surface area contributed by atoms with E-state index in [4.69, 9.17) is 4.74 Å². The van der Waals surface area contributed by atoms with E-state index in [9.17, 15) is 32.7 Å². The molecule has 1 unspecified atom stereocenters. The predicted octanol–water partition coefficient (Wildman–Crippen LogP) is 6.42. The van der Waals surface area contributed by atoms with Crippen LogP contribution in [0.15, 0.2) is 18.2 Å². The zero-order valence-corrected chi connectivity index (χ0v) is 25.8. The molecule has 9 nitrogen and oxygen atoms in total. The van der Waals surface area contributed by atoms with E-state index in [0.29, 0.717) is 23.9 Å². The first-order chi connectivity index (χ1) is 20.7. The number of carboxylic acid groups (broad SMARTS) is 1. The smallest absolute Gasteiger partial charge is 0.416 e. The fourth-order valence-electron chi connectivity index (χ4n) is 6.36. The molecule has 1 aliphatic carbocycles. The molecule has 0 radical (unpaired) electrons. The number of hydrogen-bond donors (Lipinski definition) is 2. The standard InChI is InChI=1S/C32H43F3N4O5/c1-19-25(18-40)39(29(41)27(31(2,3)4)38-30(42)43)17-26(19)44-28-23(13-7-5-6-10-20-11-8-9-12-20)36-22-15-14-21(32(33,34)35)16-24(22)37-28/h14-16,18-20,25-27,38H,5-13,17H2,1-4H3,(H,42,43)/t19-,25?,26-,27+/m0/s1. The molecule has 0 spiro atoms. The molecule has 44 heavy (non-hydrogen) atoms. The molecule has 2 aromatic rings. The number of halogens is 3. The zero-order valence-electron chi connectivity index (χ0n) is 25.8. The van der Waals surface area contributed by atoms with E-state index in [1.54, 1.807) is 27.7 Å². The third kappa shape index (κ3) is 7.98. The van der Waals surface area contributed by atoms with Crippen molar-refractivity contribution in [3.63, 3.8) is 0 Å². The van der Waals surface area contributed by atoms with E-state index < -0.39 is 53.3 Å². The van der Waals surface area contributed by atoms with Gasteiger partial charge in [0.2, 0.25) is 11.8 Å². The lowest BCUT2D eigenvalue weighted by molar-refractivity contribution is -0.139. The van der Waals surface area contributed by atoms with Crippen LogP contribution in [-0.2, 0) is 22.2 Å². The van der Waals surface area contributed by atoms with Crippen LogP contribution in [0.1, 0.15) is 90.3 Å². The second kappa shape index (κ2) is 13.7. The van der Waals surface area contributed by atoms with Crippen LogP contribution in [0.25, 0.3) is 11.0 Å². The number of alkyl halides is 3. The lowest BCUT2D eigenvalue weighted by Crippen LogP contribution is -2.56. The van der Waals surface area contributed by atoms with Crippen LogP contribution in [0, 0.1) is 17.3 Å². The number of aryl methyl sites for hydroxylation is 1. The number of nitrogens with zero attached hydrogens (tertiary/aromatic N) is 3. The topological polar surface area (TPSA) is 122 Å². The van der Waals surface area contributed by atoms with Crippen molar-refractivity contribution < 1.29 is 37.4 Å². The van der Waals surface area contributed by atoms with Gasteiger partial charge in [-0.15, -0.1) is 0 Å². The average molecular weight is 621 g/mol. The molecule has 2 aliphatic rings. The Bertz CT molecular complexity index is 1340. The van der Waals surface area contributed by atoms with Crippen LogP contribution >= 0.6 is 0 Å². The molecule has 2 heterocycles. The molecule has 1 aliphatic heterocycles. The summed E-state index contributed by atoms with van der Waals surface area (Å²) in [6, 6.07) is 1.22. The maximum atomic E-state index is 13.6. The Morgan fingerprint density at radius 1 is 1.11 bits per heavy atom. The van der Waals surface area contributed by atoms with E-state index in [2.05, 4.69) is 15.3 Å². The van der Waals surface area contributed by atoms with Gasteiger partial charge in [0, 0.05) is 5.92 Å². The predicted molar refractivity (Wildman–Crippen MR) is 158 cm³/mol. The summed E-state index contributed by atoms with van der Waals surface area (Å²) >= 11 is 0. The highest BCUT2D eigenvalue weighted by Gasteiger charge is 2.47. The third-order valence-electron chi connectivity index (χ3n) is 8.96. The molecule has 1 saturated carbocycles. The van der Waals surface area contributed by atoms with Gasteiger partial charge in [-0.25, -0.2) is 14.8 Å². The van der Waals surface area contributed by atoms with E-state index in [1.807, 2.05) is 0 Å². The van der Waals surface area contributed by atoms with Crippen LogP contribution < -0.4 is 10.1 Å². The second-order valence-electron chi connectivity index (χ2n) is 13.3. The summed E-state index contributed by atoms with van der Waals surface area (Å²) in [5.41, 5.74) is -0.769. The Morgan fingerprint density at radius 3 is 2.43 bits per heavy atom. The maximum Gasteiger partial charge on any atom is 0.416 e. The summed E-state index contributed by atoms with van der Waals surface area (Å²) in [4.78, 5) is 47.6. The Balaban J connectivity index is 1.58. The number of aromatic nitrogens is 2.